The van der Waals surface area contributed by atoms with Crippen LogP contribution in [0.2, 0.25) is 5.15 Å². The van der Waals surface area contributed by atoms with Crippen molar-refractivity contribution < 1.29 is 4.39 Å². The summed E-state index contributed by atoms with van der Waals surface area (Å²) in [6, 6.07) is 2.88. The SMILES string of the molecule is CCc1cc(F)cc2c1nc(Cl)c1nncn12. The van der Waals surface area contributed by atoms with E-state index in [1.165, 1.54) is 18.5 Å². The fourth-order valence-electron chi connectivity index (χ4n) is 1.92. The number of rotatable bonds is 1. The van der Waals surface area contributed by atoms with Crippen molar-refractivity contribution in [1.82, 2.24) is 19.6 Å². The van der Waals surface area contributed by atoms with Crippen molar-refractivity contribution >= 4 is 28.3 Å². The zero-order valence-electron chi connectivity index (χ0n) is 8.98. The molecule has 2 aromatic heterocycles. The maximum Gasteiger partial charge on any atom is 0.198 e. The predicted octanol–water partition coefficient (Wildman–Crippen LogP) is 2.63. The van der Waals surface area contributed by atoms with Gasteiger partial charge in [0.2, 0.25) is 0 Å². The Hall–Kier alpha value is -1.75. The molecule has 0 aliphatic carbocycles. The van der Waals surface area contributed by atoms with Crippen molar-refractivity contribution in [3.63, 3.8) is 0 Å². The lowest BCUT2D eigenvalue weighted by molar-refractivity contribution is 0.627. The van der Waals surface area contributed by atoms with Gasteiger partial charge in [0.05, 0.1) is 11.0 Å². The summed E-state index contributed by atoms with van der Waals surface area (Å²) in [6.07, 6.45) is 2.19. The maximum absolute atomic E-state index is 13.5. The Kier molecular flexibility index (Phi) is 2.22. The van der Waals surface area contributed by atoms with Gasteiger partial charge in [-0.25, -0.2) is 9.37 Å². The molecule has 0 aliphatic heterocycles. The van der Waals surface area contributed by atoms with E-state index in [2.05, 4.69) is 15.2 Å². The van der Waals surface area contributed by atoms with Gasteiger partial charge in [-0.05, 0) is 18.1 Å². The first-order valence-electron chi connectivity index (χ1n) is 5.18. The Bertz CT molecular complexity index is 722. The van der Waals surface area contributed by atoms with Crippen molar-refractivity contribution in [2.75, 3.05) is 0 Å². The standard InChI is InChI=1S/C11H8ClFN4/c1-2-6-3-7(13)4-8-9(6)15-10(12)11-16-14-5-17(8)11/h3-5H,2H2,1H3. The number of fused-ring (bicyclic) bond motifs is 3. The third kappa shape index (κ3) is 1.46. The summed E-state index contributed by atoms with van der Waals surface area (Å²) >= 11 is 6.02. The summed E-state index contributed by atoms with van der Waals surface area (Å²) in [6.45, 7) is 1.94. The van der Waals surface area contributed by atoms with E-state index in [1.54, 1.807) is 4.40 Å². The van der Waals surface area contributed by atoms with E-state index < -0.39 is 0 Å². The first-order valence-corrected chi connectivity index (χ1v) is 5.56. The number of hydrogen-bond donors (Lipinski definition) is 0. The van der Waals surface area contributed by atoms with E-state index in [9.17, 15) is 4.39 Å². The Morgan fingerprint density at radius 2 is 2.24 bits per heavy atom. The average Bonchev–Trinajstić information content (AvgIpc) is 2.79. The summed E-state index contributed by atoms with van der Waals surface area (Å²) < 4.78 is 15.1. The molecule has 3 rings (SSSR count). The van der Waals surface area contributed by atoms with Crippen molar-refractivity contribution in [3.8, 4) is 0 Å². The van der Waals surface area contributed by atoms with Crippen molar-refractivity contribution in [2.24, 2.45) is 0 Å². The third-order valence-corrected chi connectivity index (χ3v) is 2.97. The molecular formula is C11H8ClFN4. The number of hydrogen-bond acceptors (Lipinski definition) is 3. The van der Waals surface area contributed by atoms with Gasteiger partial charge in [-0.1, -0.05) is 18.5 Å². The second kappa shape index (κ2) is 3.63. The van der Waals surface area contributed by atoms with E-state index in [4.69, 9.17) is 11.6 Å². The Labute approximate surface area is 101 Å². The Morgan fingerprint density at radius 1 is 1.41 bits per heavy atom. The highest BCUT2D eigenvalue weighted by Gasteiger charge is 2.12. The van der Waals surface area contributed by atoms with Crippen LogP contribution in [0, 0.1) is 5.82 Å². The lowest BCUT2D eigenvalue weighted by Gasteiger charge is -2.06. The summed E-state index contributed by atoms with van der Waals surface area (Å²) in [4.78, 5) is 4.26. The molecule has 4 nitrogen and oxygen atoms in total. The second-order valence-electron chi connectivity index (χ2n) is 3.71. The highest BCUT2D eigenvalue weighted by atomic mass is 35.5. The smallest absolute Gasteiger partial charge is 0.198 e. The van der Waals surface area contributed by atoms with Crippen LogP contribution < -0.4 is 0 Å². The van der Waals surface area contributed by atoms with E-state index in [0.717, 1.165) is 5.56 Å². The van der Waals surface area contributed by atoms with Gasteiger partial charge in [0.1, 0.15) is 12.1 Å². The molecular weight excluding hydrogens is 243 g/mol. The van der Waals surface area contributed by atoms with E-state index in [-0.39, 0.29) is 11.0 Å². The normalized spacial score (nSPS) is 11.5. The molecule has 0 saturated carbocycles. The number of aryl methyl sites for hydroxylation is 1. The zero-order valence-corrected chi connectivity index (χ0v) is 9.74. The van der Waals surface area contributed by atoms with Crippen molar-refractivity contribution in [2.45, 2.75) is 13.3 Å². The minimum Gasteiger partial charge on any atom is -0.277 e. The number of nitrogens with zero attached hydrogens (tertiary/aromatic N) is 4. The highest BCUT2D eigenvalue weighted by Crippen LogP contribution is 2.24. The van der Waals surface area contributed by atoms with Crippen molar-refractivity contribution in [3.05, 3.63) is 35.0 Å². The van der Waals surface area contributed by atoms with Gasteiger partial charge in [-0.3, -0.25) is 4.40 Å². The molecule has 17 heavy (non-hydrogen) atoms. The van der Waals surface area contributed by atoms with Crippen LogP contribution in [0.4, 0.5) is 4.39 Å². The Morgan fingerprint density at radius 3 is 3.00 bits per heavy atom. The van der Waals surface area contributed by atoms with Gasteiger partial charge in [-0.2, -0.15) is 0 Å². The molecule has 3 aromatic rings. The van der Waals surface area contributed by atoms with Gasteiger partial charge >= 0.3 is 0 Å². The summed E-state index contributed by atoms with van der Waals surface area (Å²) in [7, 11) is 0. The van der Waals surface area contributed by atoms with E-state index in [1.807, 2.05) is 6.92 Å². The molecule has 0 aliphatic rings. The summed E-state index contributed by atoms with van der Waals surface area (Å²) in [5.41, 5.74) is 2.57. The second-order valence-corrected chi connectivity index (χ2v) is 4.07. The van der Waals surface area contributed by atoms with Gasteiger partial charge < -0.3 is 0 Å². The average molecular weight is 251 g/mol. The fourth-order valence-corrected chi connectivity index (χ4v) is 2.14. The maximum atomic E-state index is 13.5. The third-order valence-electron chi connectivity index (χ3n) is 2.72. The van der Waals surface area contributed by atoms with Gasteiger partial charge in [0.25, 0.3) is 0 Å². The molecule has 0 spiro atoms. The lowest BCUT2D eigenvalue weighted by atomic mass is 10.1. The first kappa shape index (κ1) is 10.4. The quantitative estimate of drug-likeness (QED) is 0.667. The van der Waals surface area contributed by atoms with Crippen molar-refractivity contribution in [1.29, 1.82) is 0 Å². The number of benzene rings is 1. The summed E-state index contributed by atoms with van der Waals surface area (Å²) in [5, 5.41) is 7.89. The van der Waals surface area contributed by atoms with Crippen LogP contribution in [0.25, 0.3) is 16.7 Å². The molecule has 0 atom stereocenters. The minimum absolute atomic E-state index is 0.274. The van der Waals surface area contributed by atoms with Crippen LogP contribution in [-0.2, 0) is 6.42 Å². The molecule has 0 radical (unpaired) electrons. The monoisotopic (exact) mass is 250 g/mol. The van der Waals surface area contributed by atoms with Crippen LogP contribution >= 0.6 is 11.6 Å². The number of aromatic nitrogens is 4. The first-order chi connectivity index (χ1) is 8.20. The topological polar surface area (TPSA) is 43.1 Å². The van der Waals surface area contributed by atoms with Crippen LogP contribution in [-0.4, -0.2) is 19.6 Å². The molecule has 6 heteroatoms. The van der Waals surface area contributed by atoms with Gasteiger partial charge in [0.15, 0.2) is 10.8 Å². The zero-order chi connectivity index (χ0) is 12.0. The van der Waals surface area contributed by atoms with Gasteiger partial charge in [-0.15, -0.1) is 10.2 Å². The van der Waals surface area contributed by atoms with E-state index in [0.29, 0.717) is 23.1 Å². The molecule has 0 N–H and O–H groups in total. The molecule has 0 fully saturated rings. The van der Waals surface area contributed by atoms with Crippen LogP contribution in [0.3, 0.4) is 0 Å². The molecule has 0 saturated heterocycles. The summed E-state index contributed by atoms with van der Waals surface area (Å²) in [5.74, 6) is -0.298. The lowest BCUT2D eigenvalue weighted by Crippen LogP contribution is -1.97. The van der Waals surface area contributed by atoms with Gasteiger partial charge in [0, 0.05) is 6.07 Å². The predicted molar refractivity (Wildman–Crippen MR) is 62.6 cm³/mol. The number of halogens is 2. The molecule has 1 aromatic carbocycles. The highest BCUT2D eigenvalue weighted by molar-refractivity contribution is 6.32. The largest absolute Gasteiger partial charge is 0.277 e. The Balaban J connectivity index is 2.58. The van der Waals surface area contributed by atoms with Crippen LogP contribution in [0.15, 0.2) is 18.5 Å². The minimum atomic E-state index is -0.298. The molecule has 0 unspecified atom stereocenters. The molecule has 0 amide bonds. The van der Waals surface area contributed by atoms with Crippen LogP contribution in [0.5, 0.6) is 0 Å². The fraction of sp³-hybridized carbons (Fsp3) is 0.182. The molecule has 86 valence electrons. The van der Waals surface area contributed by atoms with Crippen LogP contribution in [0.1, 0.15) is 12.5 Å². The van der Waals surface area contributed by atoms with E-state index >= 15 is 0 Å². The molecule has 2 heterocycles. The molecule has 0 bridgehead atoms.